The first-order chi connectivity index (χ1) is 8.97. The Morgan fingerprint density at radius 2 is 1.95 bits per heavy atom. The standard InChI is InChI=1S/C14H18F3NS/c1-19-13(7-4-8-13)10-18-9-11-5-2-3-6-12(11)14(15,16)17/h2-3,5-6,18H,4,7-10H2,1H3. The highest BCUT2D eigenvalue weighted by molar-refractivity contribution is 8.00. The second-order valence-electron chi connectivity index (χ2n) is 5.00. The minimum Gasteiger partial charge on any atom is -0.311 e. The summed E-state index contributed by atoms with van der Waals surface area (Å²) >= 11 is 1.82. The van der Waals surface area contributed by atoms with Gasteiger partial charge in [0, 0.05) is 17.8 Å². The van der Waals surface area contributed by atoms with Gasteiger partial charge >= 0.3 is 6.18 Å². The number of halogens is 3. The SMILES string of the molecule is CSC1(CNCc2ccccc2C(F)(F)F)CCC1. The van der Waals surface area contributed by atoms with Crippen molar-refractivity contribution in [3.8, 4) is 0 Å². The highest BCUT2D eigenvalue weighted by atomic mass is 32.2. The fourth-order valence-electron chi connectivity index (χ4n) is 2.40. The lowest BCUT2D eigenvalue weighted by molar-refractivity contribution is -0.138. The van der Waals surface area contributed by atoms with E-state index in [0.717, 1.165) is 25.5 Å². The van der Waals surface area contributed by atoms with Gasteiger partial charge in [-0.05, 0) is 30.7 Å². The molecular formula is C14H18F3NS. The van der Waals surface area contributed by atoms with Crippen LogP contribution in [0.2, 0.25) is 0 Å². The summed E-state index contributed by atoms with van der Waals surface area (Å²) in [5.74, 6) is 0. The quantitative estimate of drug-likeness (QED) is 0.876. The Balaban J connectivity index is 1.96. The molecule has 19 heavy (non-hydrogen) atoms. The molecule has 1 fully saturated rings. The summed E-state index contributed by atoms with van der Waals surface area (Å²) in [6.45, 7) is 1.05. The van der Waals surface area contributed by atoms with Gasteiger partial charge in [0.1, 0.15) is 0 Å². The predicted molar refractivity (Wildman–Crippen MR) is 73.2 cm³/mol. The van der Waals surface area contributed by atoms with E-state index in [1.54, 1.807) is 12.1 Å². The summed E-state index contributed by atoms with van der Waals surface area (Å²) in [6, 6.07) is 5.77. The summed E-state index contributed by atoms with van der Waals surface area (Å²) in [6.07, 6.45) is 1.34. The highest BCUT2D eigenvalue weighted by Crippen LogP contribution is 2.42. The van der Waals surface area contributed by atoms with Crippen molar-refractivity contribution >= 4 is 11.8 Å². The Kier molecular flexibility index (Phi) is 4.46. The van der Waals surface area contributed by atoms with E-state index in [1.165, 1.54) is 12.5 Å². The van der Waals surface area contributed by atoms with Crippen molar-refractivity contribution in [2.75, 3.05) is 12.8 Å². The number of nitrogens with one attached hydrogen (secondary N) is 1. The second-order valence-corrected chi connectivity index (χ2v) is 6.27. The molecule has 5 heteroatoms. The van der Waals surface area contributed by atoms with Crippen molar-refractivity contribution in [2.45, 2.75) is 36.7 Å². The molecule has 0 spiro atoms. The van der Waals surface area contributed by atoms with Gasteiger partial charge < -0.3 is 5.32 Å². The Hall–Kier alpha value is -0.680. The summed E-state index contributed by atoms with van der Waals surface area (Å²) in [4.78, 5) is 0. The summed E-state index contributed by atoms with van der Waals surface area (Å²) in [5.41, 5.74) is -0.208. The molecule has 106 valence electrons. The molecule has 1 N–H and O–H groups in total. The first-order valence-electron chi connectivity index (χ1n) is 6.38. The van der Waals surface area contributed by atoms with Crippen LogP contribution in [0.1, 0.15) is 30.4 Å². The van der Waals surface area contributed by atoms with Gasteiger partial charge in [-0.15, -0.1) is 0 Å². The first kappa shape index (κ1) is 14.7. The topological polar surface area (TPSA) is 12.0 Å². The third-order valence-electron chi connectivity index (χ3n) is 3.78. The van der Waals surface area contributed by atoms with Gasteiger partial charge in [-0.3, -0.25) is 0 Å². The van der Waals surface area contributed by atoms with Gasteiger partial charge in [0.05, 0.1) is 5.56 Å². The van der Waals surface area contributed by atoms with Crippen LogP contribution in [0.3, 0.4) is 0 Å². The number of rotatable bonds is 5. The van der Waals surface area contributed by atoms with Crippen molar-refractivity contribution in [2.24, 2.45) is 0 Å². The van der Waals surface area contributed by atoms with Crippen molar-refractivity contribution in [3.63, 3.8) is 0 Å². The molecule has 0 saturated heterocycles. The lowest BCUT2D eigenvalue weighted by atomic mass is 9.84. The molecule has 1 aromatic rings. The summed E-state index contributed by atoms with van der Waals surface area (Å²) in [5, 5.41) is 3.19. The van der Waals surface area contributed by atoms with E-state index in [0.29, 0.717) is 5.56 Å². The molecule has 1 aromatic carbocycles. The summed E-state index contributed by atoms with van der Waals surface area (Å²) in [7, 11) is 0. The molecule has 1 aliphatic carbocycles. The van der Waals surface area contributed by atoms with Crippen molar-refractivity contribution < 1.29 is 13.2 Å². The van der Waals surface area contributed by atoms with Gasteiger partial charge in [0.15, 0.2) is 0 Å². The third kappa shape index (κ3) is 3.45. The van der Waals surface area contributed by atoms with E-state index < -0.39 is 11.7 Å². The van der Waals surface area contributed by atoms with Crippen LogP contribution in [0.5, 0.6) is 0 Å². The Labute approximate surface area is 116 Å². The van der Waals surface area contributed by atoms with Gasteiger partial charge in [-0.1, -0.05) is 24.6 Å². The van der Waals surface area contributed by atoms with Crippen LogP contribution >= 0.6 is 11.8 Å². The number of alkyl halides is 3. The molecule has 0 bridgehead atoms. The summed E-state index contributed by atoms with van der Waals surface area (Å²) < 4.78 is 38.7. The third-order valence-corrected chi connectivity index (χ3v) is 5.20. The second kappa shape index (κ2) is 5.75. The molecule has 2 rings (SSSR count). The Morgan fingerprint density at radius 1 is 1.26 bits per heavy atom. The molecule has 0 amide bonds. The fraction of sp³-hybridized carbons (Fsp3) is 0.571. The molecular weight excluding hydrogens is 271 g/mol. The number of hydrogen-bond acceptors (Lipinski definition) is 2. The van der Waals surface area contributed by atoms with E-state index in [-0.39, 0.29) is 11.3 Å². The van der Waals surface area contributed by atoms with E-state index in [2.05, 4.69) is 11.6 Å². The normalized spacial score (nSPS) is 18.1. The zero-order valence-electron chi connectivity index (χ0n) is 10.9. The van der Waals surface area contributed by atoms with Crippen LogP contribution in [0.25, 0.3) is 0 Å². The number of hydrogen-bond donors (Lipinski definition) is 1. The van der Waals surface area contributed by atoms with Crippen LogP contribution in [0, 0.1) is 0 Å². The van der Waals surface area contributed by atoms with Gasteiger partial charge in [-0.25, -0.2) is 0 Å². The van der Waals surface area contributed by atoms with Crippen LogP contribution in [0.4, 0.5) is 13.2 Å². The maximum absolute atomic E-state index is 12.8. The van der Waals surface area contributed by atoms with Crippen molar-refractivity contribution in [1.82, 2.24) is 5.32 Å². The molecule has 0 aromatic heterocycles. The minimum absolute atomic E-state index is 0.243. The monoisotopic (exact) mass is 289 g/mol. The predicted octanol–water partition coefficient (Wildman–Crippen LogP) is 4.08. The molecule has 1 saturated carbocycles. The van der Waals surface area contributed by atoms with Gasteiger partial charge in [-0.2, -0.15) is 24.9 Å². The molecule has 1 aliphatic rings. The molecule has 0 atom stereocenters. The van der Waals surface area contributed by atoms with Gasteiger partial charge in [0.25, 0.3) is 0 Å². The lowest BCUT2D eigenvalue weighted by Gasteiger charge is -2.40. The minimum atomic E-state index is -4.27. The zero-order chi connectivity index (χ0) is 13.9. The largest absolute Gasteiger partial charge is 0.416 e. The van der Waals surface area contributed by atoms with E-state index in [1.807, 2.05) is 11.8 Å². The average molecular weight is 289 g/mol. The fourth-order valence-corrected chi connectivity index (χ4v) is 3.34. The van der Waals surface area contributed by atoms with Crippen molar-refractivity contribution in [3.05, 3.63) is 35.4 Å². The first-order valence-corrected chi connectivity index (χ1v) is 7.60. The van der Waals surface area contributed by atoms with E-state index >= 15 is 0 Å². The maximum Gasteiger partial charge on any atom is 0.416 e. The molecule has 0 heterocycles. The lowest BCUT2D eigenvalue weighted by Crippen LogP contribution is -2.43. The van der Waals surface area contributed by atoms with E-state index in [9.17, 15) is 13.2 Å². The molecule has 0 unspecified atom stereocenters. The Bertz CT molecular complexity index is 421. The average Bonchev–Trinajstić information content (AvgIpc) is 2.32. The van der Waals surface area contributed by atoms with Gasteiger partial charge in [0.2, 0.25) is 0 Å². The molecule has 0 aliphatic heterocycles. The maximum atomic E-state index is 12.8. The smallest absolute Gasteiger partial charge is 0.311 e. The van der Waals surface area contributed by atoms with Crippen LogP contribution in [0.15, 0.2) is 24.3 Å². The number of thioether (sulfide) groups is 1. The number of benzene rings is 1. The Morgan fingerprint density at radius 3 is 2.47 bits per heavy atom. The zero-order valence-corrected chi connectivity index (χ0v) is 11.7. The molecule has 1 nitrogen and oxygen atoms in total. The van der Waals surface area contributed by atoms with Crippen LogP contribution < -0.4 is 5.32 Å². The van der Waals surface area contributed by atoms with Crippen molar-refractivity contribution in [1.29, 1.82) is 0 Å². The highest BCUT2D eigenvalue weighted by Gasteiger charge is 2.36. The van der Waals surface area contributed by atoms with Crippen LogP contribution in [-0.4, -0.2) is 17.5 Å². The molecule has 0 radical (unpaired) electrons. The van der Waals surface area contributed by atoms with Crippen LogP contribution in [-0.2, 0) is 12.7 Å². The van der Waals surface area contributed by atoms with E-state index in [4.69, 9.17) is 0 Å².